The number of nitrogens with zero attached hydrogens (tertiary/aromatic N) is 2. The molecule has 0 radical (unpaired) electrons. The molecule has 0 bridgehead atoms. The lowest BCUT2D eigenvalue weighted by molar-refractivity contribution is -0.124. The van der Waals surface area contributed by atoms with Crippen LogP contribution in [0.3, 0.4) is 0 Å². The Bertz CT molecular complexity index is 1160. The third-order valence-corrected chi connectivity index (χ3v) is 5.09. The minimum Gasteiger partial charge on any atom is -0.486 e. The lowest BCUT2D eigenvalue weighted by Crippen LogP contribution is -2.31. The Kier molecular flexibility index (Phi) is 5.70. The first-order valence-corrected chi connectivity index (χ1v) is 10.0. The fourth-order valence-electron chi connectivity index (χ4n) is 3.27. The molecule has 8 heteroatoms. The van der Waals surface area contributed by atoms with Crippen molar-refractivity contribution in [3.05, 3.63) is 58.9 Å². The standard InChI is InChI=1S/C23H23N3O5/c1-13-14(2)25-19-10-17(4-6-18(19)24-13)23(28)31-12-22(27)26-15(3)16-5-7-20-21(11-16)30-9-8-29-20/h4-7,10-11,15H,8-9,12H2,1-3H3,(H,26,27)/t15-/m0/s1. The number of nitrogens with one attached hydrogen (secondary N) is 1. The molecule has 1 aliphatic rings. The van der Waals surface area contributed by atoms with Crippen molar-refractivity contribution in [2.45, 2.75) is 26.8 Å². The molecule has 160 valence electrons. The highest BCUT2D eigenvalue weighted by Gasteiger charge is 2.17. The summed E-state index contributed by atoms with van der Waals surface area (Å²) in [5, 5.41) is 2.82. The van der Waals surface area contributed by atoms with Gasteiger partial charge in [0.1, 0.15) is 13.2 Å². The lowest BCUT2D eigenvalue weighted by atomic mass is 10.1. The molecule has 1 N–H and O–H groups in total. The number of hydrogen-bond donors (Lipinski definition) is 1. The number of rotatable bonds is 5. The van der Waals surface area contributed by atoms with Gasteiger partial charge in [-0.3, -0.25) is 4.79 Å². The number of carbonyl (C=O) groups excluding carboxylic acids is 2. The summed E-state index contributed by atoms with van der Waals surface area (Å²) in [6.07, 6.45) is 0. The minimum absolute atomic E-state index is 0.288. The van der Waals surface area contributed by atoms with E-state index in [9.17, 15) is 9.59 Å². The topological polar surface area (TPSA) is 99.6 Å². The summed E-state index contributed by atoms with van der Waals surface area (Å²) in [5.74, 6) is 0.348. The second kappa shape index (κ2) is 8.59. The van der Waals surface area contributed by atoms with Crippen molar-refractivity contribution >= 4 is 22.9 Å². The van der Waals surface area contributed by atoms with Crippen LogP contribution in [-0.4, -0.2) is 41.7 Å². The molecule has 0 unspecified atom stereocenters. The normalized spacial score (nSPS) is 13.5. The van der Waals surface area contributed by atoms with E-state index in [1.807, 2.05) is 39.0 Å². The van der Waals surface area contributed by atoms with Crippen LogP contribution in [0.15, 0.2) is 36.4 Å². The van der Waals surface area contributed by atoms with Crippen molar-refractivity contribution in [1.29, 1.82) is 0 Å². The van der Waals surface area contributed by atoms with Gasteiger partial charge in [0.25, 0.3) is 5.91 Å². The van der Waals surface area contributed by atoms with E-state index < -0.39 is 11.9 Å². The number of fused-ring (bicyclic) bond motifs is 2. The molecular weight excluding hydrogens is 398 g/mol. The molecule has 4 rings (SSSR count). The van der Waals surface area contributed by atoms with Crippen molar-refractivity contribution in [3.8, 4) is 11.5 Å². The quantitative estimate of drug-likeness (QED) is 0.632. The van der Waals surface area contributed by atoms with Crippen LogP contribution in [0.1, 0.15) is 40.3 Å². The maximum Gasteiger partial charge on any atom is 0.338 e. The molecule has 1 aromatic heterocycles. The molecule has 2 heterocycles. The molecule has 0 spiro atoms. The minimum atomic E-state index is -0.593. The summed E-state index contributed by atoms with van der Waals surface area (Å²) in [4.78, 5) is 33.6. The Labute approximate surface area is 179 Å². The van der Waals surface area contributed by atoms with E-state index in [1.165, 1.54) is 0 Å². The molecule has 1 aliphatic heterocycles. The Hall–Kier alpha value is -3.68. The first kappa shape index (κ1) is 20.6. The molecule has 0 aliphatic carbocycles. The molecule has 8 nitrogen and oxygen atoms in total. The largest absolute Gasteiger partial charge is 0.486 e. The molecule has 0 fully saturated rings. The van der Waals surface area contributed by atoms with Gasteiger partial charge in [-0.05, 0) is 56.7 Å². The van der Waals surface area contributed by atoms with Gasteiger partial charge in [-0.15, -0.1) is 0 Å². The van der Waals surface area contributed by atoms with Gasteiger partial charge in [-0.2, -0.15) is 0 Å². The zero-order chi connectivity index (χ0) is 22.0. The molecule has 1 amide bonds. The van der Waals surface area contributed by atoms with Crippen LogP contribution < -0.4 is 14.8 Å². The summed E-state index contributed by atoms with van der Waals surface area (Å²) < 4.78 is 16.3. The molecule has 2 aromatic carbocycles. The van der Waals surface area contributed by atoms with E-state index in [-0.39, 0.29) is 12.6 Å². The highest BCUT2D eigenvalue weighted by molar-refractivity contribution is 5.94. The van der Waals surface area contributed by atoms with Gasteiger partial charge < -0.3 is 19.5 Å². The van der Waals surface area contributed by atoms with Crippen LogP contribution >= 0.6 is 0 Å². The molecule has 0 saturated carbocycles. The summed E-state index contributed by atoms with van der Waals surface area (Å²) >= 11 is 0. The molecular formula is C23H23N3O5. The summed E-state index contributed by atoms with van der Waals surface area (Å²) in [6.45, 7) is 6.22. The number of esters is 1. The Balaban J connectivity index is 1.35. The number of aryl methyl sites for hydroxylation is 2. The van der Waals surface area contributed by atoms with Gasteiger partial charge in [0, 0.05) is 0 Å². The predicted octanol–water partition coefficient (Wildman–Crippen LogP) is 3.05. The molecule has 31 heavy (non-hydrogen) atoms. The molecule has 0 saturated heterocycles. The Morgan fingerprint density at radius 1 is 1.00 bits per heavy atom. The number of hydrogen-bond acceptors (Lipinski definition) is 7. The summed E-state index contributed by atoms with van der Waals surface area (Å²) in [7, 11) is 0. The van der Waals surface area contributed by atoms with Gasteiger partial charge in [0.2, 0.25) is 0 Å². The number of amides is 1. The number of benzene rings is 2. The first-order valence-electron chi connectivity index (χ1n) is 10.0. The summed E-state index contributed by atoms with van der Waals surface area (Å²) in [5.41, 5.74) is 4.12. The highest BCUT2D eigenvalue weighted by atomic mass is 16.6. The van der Waals surface area contributed by atoms with Crippen LogP contribution in [0.5, 0.6) is 11.5 Å². The van der Waals surface area contributed by atoms with Crippen molar-refractivity contribution in [2.24, 2.45) is 0 Å². The third kappa shape index (κ3) is 4.58. The average molecular weight is 421 g/mol. The van der Waals surface area contributed by atoms with Crippen molar-refractivity contribution in [3.63, 3.8) is 0 Å². The van der Waals surface area contributed by atoms with E-state index in [0.717, 1.165) is 17.0 Å². The highest BCUT2D eigenvalue weighted by Crippen LogP contribution is 2.32. The van der Waals surface area contributed by atoms with Gasteiger partial charge in [0.15, 0.2) is 18.1 Å². The second-order valence-electron chi connectivity index (χ2n) is 7.37. The zero-order valence-corrected chi connectivity index (χ0v) is 17.6. The fourth-order valence-corrected chi connectivity index (χ4v) is 3.27. The van der Waals surface area contributed by atoms with Gasteiger partial charge in [-0.25, -0.2) is 14.8 Å². The zero-order valence-electron chi connectivity index (χ0n) is 17.6. The van der Waals surface area contributed by atoms with Crippen LogP contribution in [0.25, 0.3) is 11.0 Å². The smallest absolute Gasteiger partial charge is 0.338 e. The maximum atomic E-state index is 12.4. The van der Waals surface area contributed by atoms with Gasteiger partial charge >= 0.3 is 5.97 Å². The second-order valence-corrected chi connectivity index (χ2v) is 7.37. The summed E-state index contributed by atoms with van der Waals surface area (Å²) in [6, 6.07) is 10.2. The average Bonchev–Trinajstić information content (AvgIpc) is 2.77. The predicted molar refractivity (Wildman–Crippen MR) is 113 cm³/mol. The number of aromatic nitrogens is 2. The van der Waals surface area contributed by atoms with E-state index in [2.05, 4.69) is 15.3 Å². The third-order valence-electron chi connectivity index (χ3n) is 5.09. The Morgan fingerprint density at radius 3 is 2.48 bits per heavy atom. The SMILES string of the molecule is Cc1nc2ccc(C(=O)OCC(=O)N[C@@H](C)c3ccc4c(c3)OCCO4)cc2nc1C. The fraction of sp³-hybridized carbons (Fsp3) is 0.304. The van der Waals surface area contributed by atoms with E-state index in [0.29, 0.717) is 41.3 Å². The van der Waals surface area contributed by atoms with E-state index in [1.54, 1.807) is 18.2 Å². The molecule has 1 atom stereocenters. The maximum absolute atomic E-state index is 12.4. The van der Waals surface area contributed by atoms with Gasteiger partial charge in [-0.1, -0.05) is 6.07 Å². The Morgan fingerprint density at radius 2 is 1.71 bits per heavy atom. The van der Waals surface area contributed by atoms with Crippen molar-refractivity contribution < 1.29 is 23.8 Å². The number of ether oxygens (including phenoxy) is 3. The monoisotopic (exact) mass is 421 g/mol. The lowest BCUT2D eigenvalue weighted by Gasteiger charge is -2.21. The van der Waals surface area contributed by atoms with E-state index in [4.69, 9.17) is 14.2 Å². The van der Waals surface area contributed by atoms with Crippen LogP contribution in [0, 0.1) is 13.8 Å². The van der Waals surface area contributed by atoms with Crippen LogP contribution in [0.4, 0.5) is 0 Å². The van der Waals surface area contributed by atoms with Gasteiger partial charge in [0.05, 0.1) is 34.0 Å². The van der Waals surface area contributed by atoms with Crippen LogP contribution in [-0.2, 0) is 9.53 Å². The van der Waals surface area contributed by atoms with E-state index >= 15 is 0 Å². The number of carbonyl (C=O) groups is 2. The van der Waals surface area contributed by atoms with Crippen molar-refractivity contribution in [1.82, 2.24) is 15.3 Å². The first-order chi connectivity index (χ1) is 14.9. The molecule has 3 aromatic rings. The van der Waals surface area contributed by atoms with Crippen molar-refractivity contribution in [2.75, 3.05) is 19.8 Å². The van der Waals surface area contributed by atoms with Crippen LogP contribution in [0.2, 0.25) is 0 Å².